The van der Waals surface area contributed by atoms with E-state index in [0.29, 0.717) is 10.8 Å². The van der Waals surface area contributed by atoms with Gasteiger partial charge in [-0.15, -0.1) is 11.3 Å². The van der Waals surface area contributed by atoms with Gasteiger partial charge in [-0.2, -0.15) is 0 Å². The van der Waals surface area contributed by atoms with Crippen molar-refractivity contribution in [2.45, 2.75) is 6.92 Å². The van der Waals surface area contributed by atoms with E-state index < -0.39 is 11.6 Å². The van der Waals surface area contributed by atoms with Gasteiger partial charge in [0.15, 0.2) is 5.13 Å². The Kier molecular flexibility index (Phi) is 3.14. The minimum Gasteiger partial charge on any atom is -0.302 e. The lowest BCUT2D eigenvalue weighted by molar-refractivity contribution is -0.114. The number of anilines is 1. The summed E-state index contributed by atoms with van der Waals surface area (Å²) in [6, 6.07) is 3.28. The smallest absolute Gasteiger partial charge is 0.223 e. The summed E-state index contributed by atoms with van der Waals surface area (Å²) in [5.41, 5.74) is 0.579. The molecule has 0 aliphatic carbocycles. The molecule has 1 aromatic heterocycles. The number of carbonyl (C=O) groups excluding carboxylic acids is 1. The summed E-state index contributed by atoms with van der Waals surface area (Å²) in [5.74, 6) is -1.56. The lowest BCUT2D eigenvalue weighted by Crippen LogP contribution is -2.05. The van der Waals surface area contributed by atoms with Crippen LogP contribution in [0.2, 0.25) is 0 Å². The largest absolute Gasteiger partial charge is 0.302 e. The van der Waals surface area contributed by atoms with Crippen molar-refractivity contribution < 1.29 is 13.6 Å². The Balaban J connectivity index is 2.33. The molecule has 3 nitrogen and oxygen atoms in total. The Morgan fingerprint density at radius 2 is 2.18 bits per heavy atom. The summed E-state index contributed by atoms with van der Waals surface area (Å²) >= 11 is 1.18. The normalized spacial score (nSPS) is 10.3. The number of aromatic nitrogens is 1. The SMILES string of the molecule is CC(=O)Nc1nc(-c2ccc(F)cc2F)cs1. The molecular weight excluding hydrogens is 246 g/mol. The maximum absolute atomic E-state index is 13.4. The van der Waals surface area contributed by atoms with Crippen molar-refractivity contribution in [3.8, 4) is 11.3 Å². The molecule has 88 valence electrons. The molecule has 0 saturated carbocycles. The molecule has 1 aromatic carbocycles. The third kappa shape index (κ3) is 2.65. The second kappa shape index (κ2) is 4.58. The van der Waals surface area contributed by atoms with Gasteiger partial charge in [0.05, 0.1) is 5.69 Å². The first-order chi connectivity index (χ1) is 8.06. The first kappa shape index (κ1) is 11.7. The van der Waals surface area contributed by atoms with Crippen molar-refractivity contribution in [2.75, 3.05) is 5.32 Å². The molecule has 2 aromatic rings. The highest BCUT2D eigenvalue weighted by Crippen LogP contribution is 2.27. The van der Waals surface area contributed by atoms with Gasteiger partial charge in [-0.1, -0.05) is 0 Å². The monoisotopic (exact) mass is 254 g/mol. The van der Waals surface area contributed by atoms with Gasteiger partial charge in [0.25, 0.3) is 0 Å². The van der Waals surface area contributed by atoms with Gasteiger partial charge in [-0.05, 0) is 12.1 Å². The van der Waals surface area contributed by atoms with Crippen LogP contribution in [-0.4, -0.2) is 10.9 Å². The predicted molar refractivity (Wildman–Crippen MR) is 61.8 cm³/mol. The van der Waals surface area contributed by atoms with Crippen molar-refractivity contribution in [1.29, 1.82) is 0 Å². The Bertz CT molecular complexity index is 568. The topological polar surface area (TPSA) is 42.0 Å². The maximum atomic E-state index is 13.4. The van der Waals surface area contributed by atoms with Crippen LogP contribution in [0.15, 0.2) is 23.6 Å². The maximum Gasteiger partial charge on any atom is 0.223 e. The van der Waals surface area contributed by atoms with Crippen LogP contribution < -0.4 is 5.32 Å². The summed E-state index contributed by atoms with van der Waals surface area (Å²) < 4.78 is 26.2. The standard InChI is InChI=1S/C11H8F2N2OS/c1-6(16)14-11-15-10(5-17-11)8-3-2-7(12)4-9(8)13/h2-5H,1H3,(H,14,15,16). The van der Waals surface area contributed by atoms with Crippen LogP contribution >= 0.6 is 11.3 Å². The highest BCUT2D eigenvalue weighted by molar-refractivity contribution is 7.14. The first-order valence-electron chi connectivity index (χ1n) is 4.75. The lowest BCUT2D eigenvalue weighted by Gasteiger charge is -1.99. The number of halogens is 2. The van der Waals surface area contributed by atoms with Gasteiger partial charge in [0.1, 0.15) is 11.6 Å². The number of hydrogen-bond acceptors (Lipinski definition) is 3. The minimum absolute atomic E-state index is 0.208. The number of nitrogens with zero attached hydrogens (tertiary/aromatic N) is 1. The fraction of sp³-hybridized carbons (Fsp3) is 0.0909. The molecule has 0 unspecified atom stereocenters. The molecular formula is C11H8F2N2OS. The molecule has 0 aliphatic heterocycles. The second-order valence-corrected chi connectivity index (χ2v) is 4.20. The molecule has 0 aliphatic rings. The highest BCUT2D eigenvalue weighted by Gasteiger charge is 2.10. The molecule has 0 fully saturated rings. The lowest BCUT2D eigenvalue weighted by atomic mass is 10.1. The molecule has 0 saturated heterocycles. The quantitative estimate of drug-likeness (QED) is 0.895. The highest BCUT2D eigenvalue weighted by atomic mass is 32.1. The number of nitrogens with one attached hydrogen (secondary N) is 1. The Labute approximate surface area is 100 Å². The van der Waals surface area contributed by atoms with Crippen LogP contribution in [0.3, 0.4) is 0 Å². The van der Waals surface area contributed by atoms with E-state index in [1.54, 1.807) is 5.38 Å². The number of rotatable bonds is 2. The van der Waals surface area contributed by atoms with Gasteiger partial charge in [0.2, 0.25) is 5.91 Å². The van der Waals surface area contributed by atoms with Gasteiger partial charge < -0.3 is 5.32 Å². The zero-order chi connectivity index (χ0) is 12.4. The van der Waals surface area contributed by atoms with Crippen LogP contribution in [0.4, 0.5) is 13.9 Å². The number of hydrogen-bond donors (Lipinski definition) is 1. The second-order valence-electron chi connectivity index (χ2n) is 3.34. The summed E-state index contributed by atoms with van der Waals surface area (Å²) in [6.07, 6.45) is 0. The van der Waals surface area contributed by atoms with E-state index in [2.05, 4.69) is 10.3 Å². The summed E-state index contributed by atoms with van der Waals surface area (Å²) in [5, 5.41) is 4.48. The van der Waals surface area contributed by atoms with E-state index in [1.807, 2.05) is 0 Å². The molecule has 1 heterocycles. The van der Waals surface area contributed by atoms with E-state index in [9.17, 15) is 13.6 Å². The first-order valence-corrected chi connectivity index (χ1v) is 5.63. The molecule has 1 N–H and O–H groups in total. The Hall–Kier alpha value is -1.82. The molecule has 6 heteroatoms. The van der Waals surface area contributed by atoms with E-state index in [0.717, 1.165) is 12.1 Å². The van der Waals surface area contributed by atoms with Gasteiger partial charge in [0, 0.05) is 23.9 Å². The fourth-order valence-corrected chi connectivity index (χ4v) is 2.06. The predicted octanol–water partition coefficient (Wildman–Crippen LogP) is 3.05. The number of thiazole rings is 1. The zero-order valence-electron chi connectivity index (χ0n) is 8.83. The van der Waals surface area contributed by atoms with Crippen molar-refractivity contribution in [2.24, 2.45) is 0 Å². The van der Waals surface area contributed by atoms with Crippen molar-refractivity contribution >= 4 is 22.4 Å². The van der Waals surface area contributed by atoms with E-state index in [4.69, 9.17) is 0 Å². The molecule has 17 heavy (non-hydrogen) atoms. The van der Waals surface area contributed by atoms with Crippen molar-refractivity contribution in [3.63, 3.8) is 0 Å². The molecule has 0 bridgehead atoms. The van der Waals surface area contributed by atoms with Gasteiger partial charge >= 0.3 is 0 Å². The average molecular weight is 254 g/mol. The van der Waals surface area contributed by atoms with Crippen LogP contribution in [0.25, 0.3) is 11.3 Å². The molecule has 2 rings (SSSR count). The van der Waals surface area contributed by atoms with Crippen LogP contribution in [0, 0.1) is 11.6 Å². The van der Waals surface area contributed by atoms with E-state index in [1.165, 1.54) is 24.3 Å². The Morgan fingerprint density at radius 1 is 1.41 bits per heavy atom. The third-order valence-electron chi connectivity index (χ3n) is 1.99. The fourth-order valence-electron chi connectivity index (χ4n) is 1.30. The van der Waals surface area contributed by atoms with Crippen LogP contribution in [0.1, 0.15) is 6.92 Å². The van der Waals surface area contributed by atoms with Crippen molar-refractivity contribution in [3.05, 3.63) is 35.2 Å². The van der Waals surface area contributed by atoms with Crippen LogP contribution in [0.5, 0.6) is 0 Å². The third-order valence-corrected chi connectivity index (χ3v) is 2.75. The Morgan fingerprint density at radius 3 is 2.82 bits per heavy atom. The minimum atomic E-state index is -0.676. The van der Waals surface area contributed by atoms with Gasteiger partial charge in [-0.25, -0.2) is 13.8 Å². The average Bonchev–Trinajstić information content (AvgIpc) is 2.65. The molecule has 1 amide bonds. The number of carbonyl (C=O) groups is 1. The van der Waals surface area contributed by atoms with E-state index >= 15 is 0 Å². The summed E-state index contributed by atoms with van der Waals surface area (Å²) in [6.45, 7) is 1.36. The summed E-state index contributed by atoms with van der Waals surface area (Å²) in [7, 11) is 0. The summed E-state index contributed by atoms with van der Waals surface area (Å²) in [4.78, 5) is 14.8. The zero-order valence-corrected chi connectivity index (χ0v) is 9.65. The van der Waals surface area contributed by atoms with Crippen LogP contribution in [-0.2, 0) is 4.79 Å². The van der Waals surface area contributed by atoms with Gasteiger partial charge in [-0.3, -0.25) is 4.79 Å². The van der Waals surface area contributed by atoms with E-state index in [-0.39, 0.29) is 11.5 Å². The van der Waals surface area contributed by atoms with Crippen molar-refractivity contribution in [1.82, 2.24) is 4.98 Å². The number of benzene rings is 1. The molecule has 0 radical (unpaired) electrons. The number of amides is 1. The molecule has 0 spiro atoms. The molecule has 0 atom stereocenters.